The molecule has 5 heteroatoms. The fraction of sp³-hybridized carbons (Fsp3) is 0.154. The van der Waals surface area contributed by atoms with Crippen LogP contribution in [0, 0.1) is 12.7 Å². The Hall–Kier alpha value is -1.20. The summed E-state index contributed by atoms with van der Waals surface area (Å²) >= 11 is 4.65. The highest BCUT2D eigenvalue weighted by Crippen LogP contribution is 2.24. The highest BCUT2D eigenvalue weighted by molar-refractivity contribution is 9.10. The average molecular weight is 328 g/mol. The molecule has 2 nitrogen and oxygen atoms in total. The molecule has 0 unspecified atom stereocenters. The van der Waals surface area contributed by atoms with Gasteiger partial charge in [0.25, 0.3) is 0 Å². The van der Waals surface area contributed by atoms with Crippen molar-refractivity contribution in [3.8, 4) is 0 Å². The minimum Gasteiger partial charge on any atom is -0.325 e. The molecule has 18 heavy (non-hydrogen) atoms. The summed E-state index contributed by atoms with van der Waals surface area (Å²) in [5, 5.41) is 4.72. The molecular formula is C13H11BrFNOS. The topological polar surface area (TPSA) is 29.1 Å². The minimum atomic E-state index is -0.330. The normalized spacial score (nSPS) is 10.4. The van der Waals surface area contributed by atoms with Gasteiger partial charge in [0.2, 0.25) is 5.91 Å². The maximum atomic E-state index is 13.2. The van der Waals surface area contributed by atoms with E-state index in [-0.39, 0.29) is 11.7 Å². The van der Waals surface area contributed by atoms with Crippen molar-refractivity contribution in [3.63, 3.8) is 0 Å². The van der Waals surface area contributed by atoms with Gasteiger partial charge in [-0.25, -0.2) is 4.39 Å². The highest BCUT2D eigenvalue weighted by Gasteiger charge is 2.09. The zero-order chi connectivity index (χ0) is 13.1. The molecule has 2 rings (SSSR count). The fourth-order valence-electron chi connectivity index (χ4n) is 1.55. The molecule has 0 spiro atoms. The predicted octanol–water partition coefficient (Wildman–Crippen LogP) is 4.14. The van der Waals surface area contributed by atoms with Crippen LogP contribution in [0.5, 0.6) is 0 Å². The van der Waals surface area contributed by atoms with Crippen molar-refractivity contribution in [1.82, 2.24) is 0 Å². The van der Waals surface area contributed by atoms with Gasteiger partial charge in [0.15, 0.2) is 0 Å². The zero-order valence-corrected chi connectivity index (χ0v) is 12.1. The van der Waals surface area contributed by atoms with Crippen molar-refractivity contribution < 1.29 is 9.18 Å². The number of hydrogen-bond donors (Lipinski definition) is 1. The Bertz CT molecular complexity index is 569. The Morgan fingerprint density at radius 1 is 1.50 bits per heavy atom. The van der Waals surface area contributed by atoms with Gasteiger partial charge in [0, 0.05) is 10.6 Å². The smallest absolute Gasteiger partial charge is 0.229 e. The Kier molecular flexibility index (Phi) is 4.14. The van der Waals surface area contributed by atoms with E-state index in [1.807, 2.05) is 17.5 Å². The van der Waals surface area contributed by atoms with Crippen molar-refractivity contribution in [2.75, 3.05) is 5.32 Å². The summed E-state index contributed by atoms with van der Waals surface area (Å²) in [6.07, 6.45) is 0.339. The van der Waals surface area contributed by atoms with Crippen molar-refractivity contribution in [1.29, 1.82) is 0 Å². The molecule has 0 saturated heterocycles. The molecule has 1 amide bonds. The highest BCUT2D eigenvalue weighted by atomic mass is 79.9. The molecule has 0 saturated carbocycles. The summed E-state index contributed by atoms with van der Waals surface area (Å²) in [5.41, 5.74) is 1.33. The van der Waals surface area contributed by atoms with Crippen LogP contribution >= 0.6 is 27.3 Å². The number of amides is 1. The number of nitrogens with one attached hydrogen (secondary N) is 1. The van der Waals surface area contributed by atoms with Crippen LogP contribution in [0.1, 0.15) is 10.4 Å². The van der Waals surface area contributed by atoms with Crippen molar-refractivity contribution in [3.05, 3.63) is 50.4 Å². The molecule has 1 N–H and O–H groups in total. The standard InChI is InChI=1S/C13H11BrFNOS/c1-8-5-11(15)10(14)7-12(8)16-13(17)6-9-3-2-4-18-9/h2-5,7H,6H2,1H3,(H,16,17). The molecule has 0 atom stereocenters. The van der Waals surface area contributed by atoms with E-state index in [0.29, 0.717) is 22.1 Å². The van der Waals surface area contributed by atoms with Gasteiger partial charge in [-0.05, 0) is 52.0 Å². The van der Waals surface area contributed by atoms with Gasteiger partial charge >= 0.3 is 0 Å². The predicted molar refractivity (Wildman–Crippen MR) is 75.5 cm³/mol. The van der Waals surface area contributed by atoms with Crippen LogP contribution in [-0.4, -0.2) is 5.91 Å². The van der Waals surface area contributed by atoms with Gasteiger partial charge in [-0.3, -0.25) is 4.79 Å². The molecule has 0 bridgehead atoms. The number of benzene rings is 1. The van der Waals surface area contributed by atoms with Crippen LogP contribution < -0.4 is 5.32 Å². The summed E-state index contributed by atoms with van der Waals surface area (Å²) < 4.78 is 13.6. The number of carbonyl (C=O) groups is 1. The third-order valence-electron chi connectivity index (χ3n) is 2.46. The van der Waals surface area contributed by atoms with Gasteiger partial charge in [-0.2, -0.15) is 0 Å². The first-order valence-corrected chi connectivity index (χ1v) is 7.01. The summed E-state index contributed by atoms with van der Waals surface area (Å²) in [7, 11) is 0. The molecule has 0 aliphatic carbocycles. The van der Waals surface area contributed by atoms with Gasteiger partial charge in [-0.1, -0.05) is 6.07 Å². The number of hydrogen-bond acceptors (Lipinski definition) is 2. The second-order valence-electron chi connectivity index (χ2n) is 3.89. The summed E-state index contributed by atoms with van der Waals surface area (Å²) in [6.45, 7) is 1.76. The van der Waals surface area contributed by atoms with Crippen molar-refractivity contribution in [2.24, 2.45) is 0 Å². The number of aryl methyl sites for hydroxylation is 1. The quantitative estimate of drug-likeness (QED) is 0.901. The number of thiophene rings is 1. The van der Waals surface area contributed by atoms with Crippen LogP contribution in [0.3, 0.4) is 0 Å². The monoisotopic (exact) mass is 327 g/mol. The van der Waals surface area contributed by atoms with Crippen LogP contribution in [-0.2, 0) is 11.2 Å². The van der Waals surface area contributed by atoms with Crippen molar-refractivity contribution >= 4 is 38.9 Å². The minimum absolute atomic E-state index is 0.0981. The second kappa shape index (κ2) is 5.63. The summed E-state index contributed by atoms with van der Waals surface area (Å²) in [5.74, 6) is -0.428. The third kappa shape index (κ3) is 3.17. The molecule has 2 aromatic rings. The maximum Gasteiger partial charge on any atom is 0.229 e. The van der Waals surface area contributed by atoms with Gasteiger partial charge in [0.1, 0.15) is 5.82 Å². The Morgan fingerprint density at radius 2 is 2.28 bits per heavy atom. The van der Waals surface area contributed by atoms with E-state index in [0.717, 1.165) is 4.88 Å². The van der Waals surface area contributed by atoms with Crippen LogP contribution in [0.4, 0.5) is 10.1 Å². The molecule has 0 radical (unpaired) electrons. The summed E-state index contributed by atoms with van der Waals surface area (Å²) in [6, 6.07) is 6.80. The van der Waals surface area contributed by atoms with Gasteiger partial charge < -0.3 is 5.32 Å². The Labute approximate surface area is 117 Å². The Balaban J connectivity index is 2.09. The number of anilines is 1. The third-order valence-corrected chi connectivity index (χ3v) is 3.94. The molecule has 1 aromatic carbocycles. The lowest BCUT2D eigenvalue weighted by Gasteiger charge is -2.09. The van der Waals surface area contributed by atoms with Crippen LogP contribution in [0.25, 0.3) is 0 Å². The first-order chi connectivity index (χ1) is 8.56. The lowest BCUT2D eigenvalue weighted by atomic mass is 10.2. The van der Waals surface area contributed by atoms with E-state index in [9.17, 15) is 9.18 Å². The number of rotatable bonds is 3. The van der Waals surface area contributed by atoms with Crippen molar-refractivity contribution in [2.45, 2.75) is 13.3 Å². The lowest BCUT2D eigenvalue weighted by molar-refractivity contribution is -0.115. The molecule has 94 valence electrons. The number of halogens is 2. The molecule has 1 heterocycles. The largest absolute Gasteiger partial charge is 0.325 e. The Morgan fingerprint density at radius 3 is 2.94 bits per heavy atom. The fourth-order valence-corrected chi connectivity index (χ4v) is 2.59. The van der Waals surface area contributed by atoms with E-state index in [2.05, 4.69) is 21.2 Å². The zero-order valence-electron chi connectivity index (χ0n) is 9.67. The molecule has 0 fully saturated rings. The van der Waals surface area contributed by atoms with Crippen LogP contribution in [0.15, 0.2) is 34.1 Å². The second-order valence-corrected chi connectivity index (χ2v) is 5.77. The van der Waals surface area contributed by atoms with Gasteiger partial charge in [0.05, 0.1) is 10.9 Å². The van der Waals surface area contributed by atoms with E-state index < -0.39 is 0 Å². The van der Waals surface area contributed by atoms with E-state index in [1.165, 1.54) is 6.07 Å². The SMILES string of the molecule is Cc1cc(F)c(Br)cc1NC(=O)Cc1cccs1. The first-order valence-electron chi connectivity index (χ1n) is 5.34. The van der Waals surface area contributed by atoms with E-state index in [1.54, 1.807) is 24.3 Å². The molecular weight excluding hydrogens is 317 g/mol. The summed E-state index contributed by atoms with van der Waals surface area (Å²) in [4.78, 5) is 12.8. The first kappa shape index (κ1) is 13.2. The van der Waals surface area contributed by atoms with E-state index >= 15 is 0 Å². The molecule has 0 aliphatic rings. The van der Waals surface area contributed by atoms with Gasteiger partial charge in [-0.15, -0.1) is 11.3 Å². The average Bonchev–Trinajstić information content (AvgIpc) is 2.78. The van der Waals surface area contributed by atoms with Crippen LogP contribution in [0.2, 0.25) is 0 Å². The molecule has 0 aliphatic heterocycles. The van der Waals surface area contributed by atoms with E-state index in [4.69, 9.17) is 0 Å². The molecule has 1 aromatic heterocycles. The maximum absolute atomic E-state index is 13.2. The number of carbonyl (C=O) groups excluding carboxylic acids is 1. The lowest BCUT2D eigenvalue weighted by Crippen LogP contribution is -2.14.